The second-order valence-corrected chi connectivity index (χ2v) is 7.42. The molecule has 3 rings (SSSR count). The molecule has 1 saturated heterocycles. The van der Waals surface area contributed by atoms with Crippen molar-refractivity contribution in [3.05, 3.63) is 24.3 Å². The number of phenols is 1. The van der Waals surface area contributed by atoms with Gasteiger partial charge in [0.1, 0.15) is 5.75 Å². The summed E-state index contributed by atoms with van der Waals surface area (Å²) in [5.41, 5.74) is 0.266. The molecule has 152 valence electrons. The fourth-order valence-corrected chi connectivity index (χ4v) is 3.91. The van der Waals surface area contributed by atoms with Crippen LogP contribution in [-0.2, 0) is 0 Å². The SMILES string of the molecule is CCNC(=NCC1(O)CCCCC1)N1CCN(c2ccccc2O)CC1.I. The molecular weight excluding hydrogens is 455 g/mol. The molecule has 1 aliphatic carbocycles. The Kier molecular flexibility index (Phi) is 8.47. The van der Waals surface area contributed by atoms with E-state index in [0.29, 0.717) is 12.3 Å². The third kappa shape index (κ3) is 5.88. The number of guanidine groups is 1. The number of hydrogen-bond acceptors (Lipinski definition) is 4. The molecule has 3 N–H and O–H groups in total. The van der Waals surface area contributed by atoms with E-state index in [2.05, 4.69) is 22.0 Å². The molecule has 1 aromatic carbocycles. The Morgan fingerprint density at radius 1 is 1.11 bits per heavy atom. The van der Waals surface area contributed by atoms with Crippen LogP contribution in [0, 0.1) is 0 Å². The number of halogens is 1. The van der Waals surface area contributed by atoms with Crippen molar-refractivity contribution < 1.29 is 10.2 Å². The van der Waals surface area contributed by atoms with Gasteiger partial charge in [-0.2, -0.15) is 0 Å². The number of phenolic OH excluding ortho intramolecular Hbond substituents is 1. The number of hydrogen-bond donors (Lipinski definition) is 3. The minimum atomic E-state index is -0.628. The number of rotatable bonds is 4. The lowest BCUT2D eigenvalue weighted by atomic mass is 9.85. The first-order valence-electron chi connectivity index (χ1n) is 9.90. The normalized spacial score (nSPS) is 20.1. The Morgan fingerprint density at radius 2 is 1.78 bits per heavy atom. The zero-order valence-corrected chi connectivity index (χ0v) is 18.6. The number of aromatic hydroxyl groups is 1. The maximum Gasteiger partial charge on any atom is 0.194 e. The van der Waals surface area contributed by atoms with Gasteiger partial charge in [0.15, 0.2) is 5.96 Å². The van der Waals surface area contributed by atoms with Gasteiger partial charge in [0.25, 0.3) is 0 Å². The molecule has 0 aromatic heterocycles. The summed E-state index contributed by atoms with van der Waals surface area (Å²) in [4.78, 5) is 9.23. The van der Waals surface area contributed by atoms with Crippen molar-refractivity contribution in [3.63, 3.8) is 0 Å². The lowest BCUT2D eigenvalue weighted by Gasteiger charge is -2.38. The van der Waals surface area contributed by atoms with Crippen molar-refractivity contribution >= 4 is 35.6 Å². The van der Waals surface area contributed by atoms with Crippen LogP contribution in [0.2, 0.25) is 0 Å². The monoisotopic (exact) mass is 488 g/mol. The van der Waals surface area contributed by atoms with E-state index in [9.17, 15) is 10.2 Å². The summed E-state index contributed by atoms with van der Waals surface area (Å²) in [7, 11) is 0. The molecule has 6 nitrogen and oxygen atoms in total. The zero-order chi connectivity index (χ0) is 18.4. The van der Waals surface area contributed by atoms with E-state index in [-0.39, 0.29) is 24.0 Å². The first-order chi connectivity index (χ1) is 12.6. The Labute approximate surface area is 179 Å². The molecule has 2 fully saturated rings. The van der Waals surface area contributed by atoms with Crippen LogP contribution in [0.3, 0.4) is 0 Å². The molecule has 2 aliphatic rings. The van der Waals surface area contributed by atoms with Crippen LogP contribution in [0.15, 0.2) is 29.3 Å². The molecule has 7 heteroatoms. The number of benzene rings is 1. The Hall–Kier alpha value is -1.22. The molecule has 0 amide bonds. The maximum atomic E-state index is 10.7. The number of aliphatic imine (C=N–C) groups is 1. The highest BCUT2D eigenvalue weighted by Gasteiger charge is 2.29. The van der Waals surface area contributed by atoms with Gasteiger partial charge in [-0.15, -0.1) is 24.0 Å². The van der Waals surface area contributed by atoms with Gasteiger partial charge in [0.2, 0.25) is 0 Å². The molecule has 1 saturated carbocycles. The van der Waals surface area contributed by atoms with E-state index in [1.54, 1.807) is 6.07 Å². The van der Waals surface area contributed by atoms with Crippen molar-refractivity contribution in [3.8, 4) is 5.75 Å². The topological polar surface area (TPSA) is 71.3 Å². The van der Waals surface area contributed by atoms with Crippen LogP contribution in [-0.4, -0.2) is 65.9 Å². The summed E-state index contributed by atoms with van der Waals surface area (Å²) < 4.78 is 0. The van der Waals surface area contributed by atoms with E-state index in [0.717, 1.165) is 70.1 Å². The highest BCUT2D eigenvalue weighted by Crippen LogP contribution is 2.29. The zero-order valence-electron chi connectivity index (χ0n) is 16.2. The van der Waals surface area contributed by atoms with Gasteiger partial charge in [-0.3, -0.25) is 4.99 Å². The van der Waals surface area contributed by atoms with Gasteiger partial charge >= 0.3 is 0 Å². The first kappa shape index (κ1) is 22.1. The van der Waals surface area contributed by atoms with E-state index < -0.39 is 5.60 Å². The van der Waals surface area contributed by atoms with Crippen LogP contribution >= 0.6 is 24.0 Å². The average Bonchev–Trinajstić information content (AvgIpc) is 2.66. The number of para-hydroxylation sites is 2. The van der Waals surface area contributed by atoms with Crippen molar-refractivity contribution in [2.24, 2.45) is 4.99 Å². The van der Waals surface area contributed by atoms with Crippen LogP contribution in [0.25, 0.3) is 0 Å². The number of nitrogens with one attached hydrogen (secondary N) is 1. The first-order valence-corrected chi connectivity index (χ1v) is 9.90. The predicted octanol–water partition coefficient (Wildman–Crippen LogP) is 2.79. The molecule has 0 unspecified atom stereocenters. The Balaban J connectivity index is 0.00000261. The standard InChI is InChI=1S/C20H32N4O2.HI/c1-2-21-19(22-16-20(26)10-6-3-7-11-20)24-14-12-23(13-15-24)17-8-4-5-9-18(17)25;/h4-5,8-9,25-26H,2-3,6-7,10-16H2,1H3,(H,21,22);1H. The minimum absolute atomic E-state index is 0. The smallest absolute Gasteiger partial charge is 0.194 e. The number of anilines is 1. The molecule has 1 aromatic rings. The molecule has 1 aliphatic heterocycles. The molecule has 27 heavy (non-hydrogen) atoms. The van der Waals surface area contributed by atoms with E-state index in [1.807, 2.05) is 18.2 Å². The fourth-order valence-electron chi connectivity index (χ4n) is 3.91. The highest BCUT2D eigenvalue weighted by molar-refractivity contribution is 14.0. The van der Waals surface area contributed by atoms with Crippen LogP contribution < -0.4 is 10.2 Å². The summed E-state index contributed by atoms with van der Waals surface area (Å²) in [6, 6.07) is 7.50. The van der Waals surface area contributed by atoms with Gasteiger partial charge in [-0.25, -0.2) is 0 Å². The molecule has 0 spiro atoms. The summed E-state index contributed by atoms with van der Waals surface area (Å²) in [5.74, 6) is 1.23. The van der Waals surface area contributed by atoms with Crippen LogP contribution in [0.1, 0.15) is 39.0 Å². The van der Waals surface area contributed by atoms with E-state index in [4.69, 9.17) is 4.99 Å². The predicted molar refractivity (Wildman–Crippen MR) is 121 cm³/mol. The fraction of sp³-hybridized carbons (Fsp3) is 0.650. The number of aliphatic hydroxyl groups is 1. The lowest BCUT2D eigenvalue weighted by Crippen LogP contribution is -2.53. The number of nitrogens with zero attached hydrogens (tertiary/aromatic N) is 3. The van der Waals surface area contributed by atoms with Gasteiger partial charge < -0.3 is 25.3 Å². The van der Waals surface area contributed by atoms with E-state index in [1.165, 1.54) is 6.42 Å². The summed E-state index contributed by atoms with van der Waals surface area (Å²) >= 11 is 0. The van der Waals surface area contributed by atoms with Crippen molar-refractivity contribution in [1.29, 1.82) is 0 Å². The third-order valence-corrected chi connectivity index (χ3v) is 5.44. The molecule has 1 heterocycles. The van der Waals surface area contributed by atoms with E-state index >= 15 is 0 Å². The van der Waals surface area contributed by atoms with Gasteiger partial charge in [0, 0.05) is 32.7 Å². The summed E-state index contributed by atoms with van der Waals surface area (Å²) in [6.45, 7) is 6.74. The Morgan fingerprint density at radius 3 is 2.41 bits per heavy atom. The Bertz CT molecular complexity index is 612. The summed E-state index contributed by atoms with van der Waals surface area (Å²) in [5, 5.41) is 24.2. The van der Waals surface area contributed by atoms with Crippen LogP contribution in [0.4, 0.5) is 5.69 Å². The van der Waals surface area contributed by atoms with Crippen LogP contribution in [0.5, 0.6) is 5.75 Å². The van der Waals surface area contributed by atoms with Crippen molar-refractivity contribution in [2.45, 2.75) is 44.6 Å². The van der Waals surface area contributed by atoms with Gasteiger partial charge in [-0.1, -0.05) is 31.4 Å². The van der Waals surface area contributed by atoms with Crippen molar-refractivity contribution in [1.82, 2.24) is 10.2 Å². The number of piperazine rings is 1. The van der Waals surface area contributed by atoms with Crippen molar-refractivity contribution in [2.75, 3.05) is 44.2 Å². The molecule has 0 radical (unpaired) electrons. The molecule has 0 atom stereocenters. The highest BCUT2D eigenvalue weighted by atomic mass is 127. The molecular formula is C20H33IN4O2. The second-order valence-electron chi connectivity index (χ2n) is 7.42. The largest absolute Gasteiger partial charge is 0.506 e. The van der Waals surface area contributed by atoms with Gasteiger partial charge in [-0.05, 0) is 31.9 Å². The minimum Gasteiger partial charge on any atom is -0.506 e. The maximum absolute atomic E-state index is 10.7. The average molecular weight is 488 g/mol. The summed E-state index contributed by atoms with van der Waals surface area (Å²) in [6.07, 6.45) is 5.14. The quantitative estimate of drug-likeness (QED) is 0.346. The molecule has 0 bridgehead atoms. The third-order valence-electron chi connectivity index (χ3n) is 5.44. The lowest BCUT2D eigenvalue weighted by molar-refractivity contribution is 0.0129. The second kappa shape index (κ2) is 10.4. The van der Waals surface area contributed by atoms with Gasteiger partial charge in [0.05, 0.1) is 17.8 Å².